The quantitative estimate of drug-likeness (QED) is 0.545. The predicted molar refractivity (Wildman–Crippen MR) is 94.7 cm³/mol. The van der Waals surface area contributed by atoms with Crippen LogP contribution in [0.15, 0.2) is 47.6 Å². The smallest absolute Gasteiger partial charge is 0.336 e. The molecule has 0 radical (unpaired) electrons. The highest BCUT2D eigenvalue weighted by molar-refractivity contribution is 7.09. The van der Waals surface area contributed by atoms with Gasteiger partial charge in [0.15, 0.2) is 5.82 Å². The number of rotatable bonds is 5. The number of aromatic carboxylic acids is 1. The molecule has 0 aliphatic heterocycles. The molecule has 3 rings (SSSR count). The summed E-state index contributed by atoms with van der Waals surface area (Å²) in [6.07, 6.45) is 1.28. The Balaban J connectivity index is 1.83. The minimum absolute atomic E-state index is 0.202. The third-order valence-corrected chi connectivity index (χ3v) is 4.21. The van der Waals surface area contributed by atoms with Crippen molar-refractivity contribution in [1.29, 1.82) is 0 Å². The van der Waals surface area contributed by atoms with E-state index in [9.17, 15) is 13.6 Å². The zero-order valence-corrected chi connectivity index (χ0v) is 14.2. The van der Waals surface area contributed by atoms with E-state index < -0.39 is 17.6 Å². The van der Waals surface area contributed by atoms with Gasteiger partial charge in [-0.1, -0.05) is 12.1 Å². The fourth-order valence-electron chi connectivity index (χ4n) is 2.12. The molecule has 0 spiro atoms. The van der Waals surface area contributed by atoms with E-state index in [0.29, 0.717) is 5.13 Å². The van der Waals surface area contributed by atoms with Crippen LogP contribution in [0.5, 0.6) is 0 Å². The van der Waals surface area contributed by atoms with Crippen LogP contribution in [0.25, 0.3) is 11.4 Å². The molecule has 1 aromatic heterocycles. The molecule has 132 valence electrons. The number of aromatic nitrogens is 2. The molecule has 0 aliphatic rings. The first kappa shape index (κ1) is 17.6. The van der Waals surface area contributed by atoms with Gasteiger partial charge in [-0.3, -0.25) is 0 Å². The van der Waals surface area contributed by atoms with Crippen molar-refractivity contribution < 1.29 is 18.7 Å². The van der Waals surface area contributed by atoms with Crippen LogP contribution in [0.2, 0.25) is 0 Å². The number of nitrogens with zero attached hydrogens (tertiary/aromatic N) is 4. The van der Waals surface area contributed by atoms with Gasteiger partial charge in [-0.05, 0) is 30.3 Å². The maximum atomic E-state index is 13.8. The number of hydrogen-bond acceptors (Lipinski definition) is 6. The molecule has 9 heteroatoms. The lowest BCUT2D eigenvalue weighted by Gasteiger charge is -2.08. The maximum Gasteiger partial charge on any atom is 0.336 e. The first-order chi connectivity index (χ1) is 12.5. The summed E-state index contributed by atoms with van der Waals surface area (Å²) in [4.78, 5) is 15.4. The first-order valence-electron chi connectivity index (χ1n) is 7.35. The summed E-state index contributed by atoms with van der Waals surface area (Å²) in [6.45, 7) is 0. The second-order valence-corrected chi connectivity index (χ2v) is 5.92. The molecule has 0 saturated carbocycles. The molecule has 26 heavy (non-hydrogen) atoms. The topological polar surface area (TPSA) is 78.7 Å². The van der Waals surface area contributed by atoms with Crippen molar-refractivity contribution in [3.63, 3.8) is 0 Å². The summed E-state index contributed by atoms with van der Waals surface area (Å²) in [7, 11) is 1.59. The Bertz CT molecular complexity index is 990. The minimum Gasteiger partial charge on any atom is -0.478 e. The van der Waals surface area contributed by atoms with Gasteiger partial charge in [-0.2, -0.15) is 14.5 Å². The van der Waals surface area contributed by atoms with Crippen LogP contribution in [0.1, 0.15) is 15.9 Å². The average molecular weight is 374 g/mol. The second kappa shape index (κ2) is 7.36. The van der Waals surface area contributed by atoms with Crippen molar-refractivity contribution in [3.05, 3.63) is 65.2 Å². The average Bonchev–Trinajstić information content (AvgIpc) is 3.10. The van der Waals surface area contributed by atoms with Gasteiger partial charge in [0.2, 0.25) is 5.13 Å². The van der Waals surface area contributed by atoms with E-state index in [4.69, 9.17) is 5.11 Å². The maximum absolute atomic E-state index is 13.8. The lowest BCUT2D eigenvalue weighted by atomic mass is 10.1. The second-order valence-electron chi connectivity index (χ2n) is 5.19. The molecular weight excluding hydrogens is 362 g/mol. The van der Waals surface area contributed by atoms with Crippen LogP contribution in [0.3, 0.4) is 0 Å². The Morgan fingerprint density at radius 2 is 2.04 bits per heavy atom. The number of carboxylic acid groups (broad SMARTS) is 1. The lowest BCUT2D eigenvalue weighted by molar-refractivity contribution is 0.0696. The molecule has 0 fully saturated rings. The molecular formula is C17H12F2N4O2S. The molecule has 0 aliphatic carbocycles. The molecule has 2 aromatic carbocycles. The highest BCUT2D eigenvalue weighted by Crippen LogP contribution is 2.25. The van der Waals surface area contributed by atoms with Crippen LogP contribution >= 0.6 is 11.5 Å². The van der Waals surface area contributed by atoms with E-state index in [2.05, 4.69) is 14.5 Å². The first-order valence-corrected chi connectivity index (χ1v) is 8.12. The molecule has 1 heterocycles. The minimum atomic E-state index is -1.26. The molecule has 6 nitrogen and oxygen atoms in total. The Morgan fingerprint density at radius 3 is 2.77 bits per heavy atom. The van der Waals surface area contributed by atoms with Gasteiger partial charge in [0.1, 0.15) is 11.6 Å². The van der Waals surface area contributed by atoms with E-state index in [0.717, 1.165) is 23.7 Å². The number of carbonyl (C=O) groups is 1. The molecule has 0 bridgehead atoms. The molecule has 0 amide bonds. The highest BCUT2D eigenvalue weighted by atomic mass is 32.1. The summed E-state index contributed by atoms with van der Waals surface area (Å²) in [5.41, 5.74) is 0.315. The SMILES string of the molecule is CN(/N=C/c1ccc(F)cc1C(=O)O)c1nc(-c2ccccc2F)ns1. The molecule has 0 unspecified atom stereocenters. The Kier molecular flexibility index (Phi) is 4.99. The van der Waals surface area contributed by atoms with Crippen molar-refractivity contribution in [2.75, 3.05) is 12.1 Å². The standard InChI is InChI=1S/C17H12F2N4O2S/c1-23(20-9-10-6-7-11(18)8-13(10)16(24)25)17-21-15(22-26-17)12-4-2-3-5-14(12)19/h2-9H,1H3,(H,24,25)/b20-9+. The highest BCUT2D eigenvalue weighted by Gasteiger charge is 2.13. The van der Waals surface area contributed by atoms with Gasteiger partial charge in [0.25, 0.3) is 0 Å². The van der Waals surface area contributed by atoms with Crippen molar-refractivity contribution in [2.45, 2.75) is 0 Å². The summed E-state index contributed by atoms with van der Waals surface area (Å²) in [6, 6.07) is 9.54. The van der Waals surface area contributed by atoms with Gasteiger partial charge in [-0.15, -0.1) is 0 Å². The van der Waals surface area contributed by atoms with Crippen molar-refractivity contribution >= 4 is 28.8 Å². The number of halogens is 2. The van der Waals surface area contributed by atoms with Gasteiger partial charge >= 0.3 is 5.97 Å². The van der Waals surface area contributed by atoms with Gasteiger partial charge in [0, 0.05) is 24.1 Å². The lowest BCUT2D eigenvalue weighted by Crippen LogP contribution is -2.10. The Hall–Kier alpha value is -3.20. The normalized spacial score (nSPS) is 11.0. The van der Waals surface area contributed by atoms with Crippen LogP contribution in [0, 0.1) is 11.6 Å². The fourth-order valence-corrected chi connectivity index (χ4v) is 2.72. The molecule has 0 saturated heterocycles. The number of benzene rings is 2. The third-order valence-electron chi connectivity index (χ3n) is 3.42. The monoisotopic (exact) mass is 374 g/mol. The van der Waals surface area contributed by atoms with E-state index >= 15 is 0 Å². The largest absolute Gasteiger partial charge is 0.478 e. The van der Waals surface area contributed by atoms with Gasteiger partial charge in [-0.25, -0.2) is 18.6 Å². The summed E-state index contributed by atoms with van der Waals surface area (Å²) in [5.74, 6) is -2.10. The zero-order chi connectivity index (χ0) is 18.7. The van der Waals surface area contributed by atoms with Crippen LogP contribution < -0.4 is 5.01 Å². The van der Waals surface area contributed by atoms with Crippen molar-refractivity contribution in [3.8, 4) is 11.4 Å². The Morgan fingerprint density at radius 1 is 1.27 bits per heavy atom. The van der Waals surface area contributed by atoms with Crippen molar-refractivity contribution in [1.82, 2.24) is 9.36 Å². The van der Waals surface area contributed by atoms with E-state index in [1.165, 1.54) is 23.4 Å². The van der Waals surface area contributed by atoms with E-state index in [1.54, 1.807) is 25.2 Å². The van der Waals surface area contributed by atoms with Gasteiger partial charge < -0.3 is 5.11 Å². The summed E-state index contributed by atoms with van der Waals surface area (Å²) >= 11 is 1.02. The van der Waals surface area contributed by atoms with Crippen LogP contribution in [0.4, 0.5) is 13.9 Å². The summed E-state index contributed by atoms with van der Waals surface area (Å²) < 4.78 is 31.1. The predicted octanol–water partition coefficient (Wildman–Crippen LogP) is 3.65. The van der Waals surface area contributed by atoms with E-state index in [1.807, 2.05) is 0 Å². The number of hydrazone groups is 1. The molecule has 3 aromatic rings. The number of anilines is 1. The van der Waals surface area contributed by atoms with Crippen LogP contribution in [-0.2, 0) is 0 Å². The zero-order valence-electron chi connectivity index (χ0n) is 13.4. The van der Waals surface area contributed by atoms with Crippen molar-refractivity contribution in [2.24, 2.45) is 5.10 Å². The number of hydrogen-bond donors (Lipinski definition) is 1. The number of carboxylic acids is 1. The third kappa shape index (κ3) is 3.72. The Labute approximate surface area is 151 Å². The van der Waals surface area contributed by atoms with E-state index in [-0.39, 0.29) is 22.5 Å². The fraction of sp³-hybridized carbons (Fsp3) is 0.0588. The van der Waals surface area contributed by atoms with Crippen LogP contribution in [-0.4, -0.2) is 33.7 Å². The molecule has 0 atom stereocenters. The molecule has 1 N–H and O–H groups in total. The van der Waals surface area contributed by atoms with Gasteiger partial charge in [0.05, 0.1) is 17.3 Å². The summed E-state index contributed by atoms with van der Waals surface area (Å²) in [5, 5.41) is 15.0.